The summed E-state index contributed by atoms with van der Waals surface area (Å²) in [5.41, 5.74) is 0. The van der Waals surface area contributed by atoms with Gasteiger partial charge in [0.1, 0.15) is 6.07 Å². The van der Waals surface area contributed by atoms with Crippen molar-refractivity contribution in [2.45, 2.75) is 6.10 Å². The molecule has 1 atom stereocenters. The van der Waals surface area contributed by atoms with Gasteiger partial charge in [-0.05, 0) is 12.2 Å². The molecule has 0 radical (unpaired) electrons. The Hall–Kier alpha value is -0.940. The molecule has 1 unspecified atom stereocenters. The second-order valence-corrected chi connectivity index (χ2v) is 1.96. The average molecular weight is 142 g/mol. The number of allylic oxidation sites excluding steroid dienone is 2. The summed E-state index contributed by atoms with van der Waals surface area (Å²) in [6.45, 7) is 0. The van der Waals surface area contributed by atoms with E-state index >= 15 is 0 Å². The molecule has 0 fully saturated rings. The number of hydrogen-bond donors (Lipinski definition) is 0. The number of nitrogens with zero attached hydrogens (tertiary/aromatic N) is 1. The first-order valence-electron chi connectivity index (χ1n) is 2.42. The maximum absolute atomic E-state index is 8.33. The van der Waals surface area contributed by atoms with Crippen molar-refractivity contribution in [1.82, 2.24) is 0 Å². The van der Waals surface area contributed by atoms with E-state index in [4.69, 9.17) is 21.6 Å². The van der Waals surface area contributed by atoms with Crippen LogP contribution in [0.1, 0.15) is 0 Å². The van der Waals surface area contributed by atoms with Gasteiger partial charge in [-0.15, -0.1) is 0 Å². The molecule has 46 valence electrons. The second-order valence-electron chi connectivity index (χ2n) is 1.53. The van der Waals surface area contributed by atoms with Crippen molar-refractivity contribution in [3.63, 3.8) is 0 Å². The van der Waals surface area contributed by atoms with Crippen LogP contribution in [0.3, 0.4) is 0 Å². The fourth-order valence-electron chi connectivity index (χ4n) is 0.500. The van der Waals surface area contributed by atoms with Gasteiger partial charge in [-0.25, -0.2) is 0 Å². The van der Waals surface area contributed by atoms with Crippen LogP contribution < -0.4 is 0 Å². The highest BCUT2D eigenvalue weighted by Gasteiger charge is 2.11. The molecule has 0 aliphatic carbocycles. The molecule has 0 bridgehead atoms. The van der Waals surface area contributed by atoms with Gasteiger partial charge in [0.05, 0.1) is 11.3 Å². The third-order valence-electron chi connectivity index (χ3n) is 0.916. The summed E-state index contributed by atoms with van der Waals surface area (Å²) < 4.78 is 4.80. The lowest BCUT2D eigenvalue weighted by molar-refractivity contribution is 0.226. The van der Waals surface area contributed by atoms with E-state index in [9.17, 15) is 0 Å². The normalized spacial score (nSPS) is 24.0. The van der Waals surface area contributed by atoms with Gasteiger partial charge in [0.15, 0.2) is 0 Å². The molecule has 0 saturated carbocycles. The first-order chi connectivity index (χ1) is 4.34. The standard InChI is InChI=1S/C6H4ClNO/c7-5-2-1-3-9-6(5)4-8/h1-3,6H. The fourth-order valence-corrected chi connectivity index (χ4v) is 0.673. The van der Waals surface area contributed by atoms with Gasteiger partial charge >= 0.3 is 0 Å². The zero-order chi connectivity index (χ0) is 6.69. The van der Waals surface area contributed by atoms with Crippen molar-refractivity contribution in [2.24, 2.45) is 0 Å². The Balaban J connectivity index is 2.73. The first-order valence-corrected chi connectivity index (χ1v) is 2.79. The fraction of sp³-hybridized carbons (Fsp3) is 0.167. The Morgan fingerprint density at radius 1 is 1.78 bits per heavy atom. The van der Waals surface area contributed by atoms with Crippen LogP contribution in [-0.2, 0) is 4.74 Å². The second kappa shape index (κ2) is 2.56. The lowest BCUT2D eigenvalue weighted by atomic mass is 10.3. The molecule has 0 spiro atoms. The van der Waals surface area contributed by atoms with Crippen molar-refractivity contribution in [2.75, 3.05) is 0 Å². The summed E-state index contributed by atoms with van der Waals surface area (Å²) in [7, 11) is 0. The summed E-state index contributed by atoms with van der Waals surface area (Å²) in [6.07, 6.45) is 4.13. The summed E-state index contributed by atoms with van der Waals surface area (Å²) in [5, 5.41) is 8.76. The van der Waals surface area contributed by atoms with E-state index in [1.165, 1.54) is 6.26 Å². The summed E-state index contributed by atoms with van der Waals surface area (Å²) in [6, 6.07) is 1.88. The minimum atomic E-state index is -0.600. The molecule has 1 heterocycles. The van der Waals surface area contributed by atoms with Crippen molar-refractivity contribution in [3.05, 3.63) is 23.4 Å². The topological polar surface area (TPSA) is 33.0 Å². The molecule has 1 rings (SSSR count). The Bertz CT molecular complexity index is 202. The monoisotopic (exact) mass is 141 g/mol. The van der Waals surface area contributed by atoms with Gasteiger partial charge in [0.2, 0.25) is 6.10 Å². The smallest absolute Gasteiger partial charge is 0.218 e. The summed E-state index contributed by atoms with van der Waals surface area (Å²) >= 11 is 5.55. The van der Waals surface area contributed by atoms with Crippen LogP contribution in [0.2, 0.25) is 0 Å². The first kappa shape index (κ1) is 6.18. The molecule has 0 aromatic rings. The van der Waals surface area contributed by atoms with Gasteiger partial charge < -0.3 is 4.74 Å². The molecular weight excluding hydrogens is 138 g/mol. The SMILES string of the molecule is N#CC1OC=CC=C1Cl. The quantitative estimate of drug-likeness (QED) is 0.513. The maximum atomic E-state index is 8.33. The molecule has 0 saturated heterocycles. The molecule has 9 heavy (non-hydrogen) atoms. The van der Waals surface area contributed by atoms with Crippen LogP contribution in [0.15, 0.2) is 23.4 Å². The van der Waals surface area contributed by atoms with Crippen molar-refractivity contribution in [1.29, 1.82) is 5.26 Å². The highest BCUT2D eigenvalue weighted by Crippen LogP contribution is 2.14. The average Bonchev–Trinajstić information content (AvgIpc) is 1.89. The van der Waals surface area contributed by atoms with E-state index in [-0.39, 0.29) is 0 Å². The van der Waals surface area contributed by atoms with Crippen molar-refractivity contribution in [3.8, 4) is 6.07 Å². The number of hydrogen-bond acceptors (Lipinski definition) is 2. The number of halogens is 1. The Morgan fingerprint density at radius 3 is 3.00 bits per heavy atom. The molecular formula is C6H4ClNO. The summed E-state index contributed by atoms with van der Waals surface area (Å²) in [5.74, 6) is 0. The van der Waals surface area contributed by atoms with Crippen molar-refractivity contribution < 1.29 is 4.74 Å². The number of ether oxygens (including phenoxy) is 1. The van der Waals surface area contributed by atoms with Crippen LogP contribution >= 0.6 is 11.6 Å². The van der Waals surface area contributed by atoms with Gasteiger partial charge in [-0.2, -0.15) is 5.26 Å². The molecule has 0 aromatic carbocycles. The predicted molar refractivity (Wildman–Crippen MR) is 33.6 cm³/mol. The van der Waals surface area contributed by atoms with E-state index in [1.54, 1.807) is 12.2 Å². The van der Waals surface area contributed by atoms with Gasteiger partial charge in [0, 0.05) is 0 Å². The van der Waals surface area contributed by atoms with E-state index in [0.29, 0.717) is 5.03 Å². The number of rotatable bonds is 0. The zero-order valence-corrected chi connectivity index (χ0v) is 5.30. The lowest BCUT2D eigenvalue weighted by Crippen LogP contribution is -2.08. The van der Waals surface area contributed by atoms with Crippen molar-refractivity contribution >= 4 is 11.6 Å². The zero-order valence-electron chi connectivity index (χ0n) is 4.54. The molecule has 1 aliphatic heterocycles. The molecule has 2 nitrogen and oxygen atoms in total. The third kappa shape index (κ3) is 1.24. The van der Waals surface area contributed by atoms with Gasteiger partial charge in [-0.1, -0.05) is 11.6 Å². The minimum Gasteiger partial charge on any atom is -0.477 e. The van der Waals surface area contributed by atoms with E-state index < -0.39 is 6.10 Å². The Kier molecular flexibility index (Phi) is 1.76. The minimum absolute atomic E-state index is 0.431. The predicted octanol–water partition coefficient (Wildman–Crippen LogP) is 1.55. The Morgan fingerprint density at radius 2 is 2.56 bits per heavy atom. The van der Waals surface area contributed by atoms with Gasteiger partial charge in [-0.3, -0.25) is 0 Å². The summed E-state index contributed by atoms with van der Waals surface area (Å²) in [4.78, 5) is 0. The van der Waals surface area contributed by atoms with Crippen LogP contribution in [0.5, 0.6) is 0 Å². The van der Waals surface area contributed by atoms with Crippen LogP contribution in [-0.4, -0.2) is 6.10 Å². The van der Waals surface area contributed by atoms with Gasteiger partial charge in [0.25, 0.3) is 0 Å². The van der Waals surface area contributed by atoms with Crippen LogP contribution in [0, 0.1) is 11.3 Å². The molecule has 0 aromatic heterocycles. The van der Waals surface area contributed by atoms with Crippen LogP contribution in [0.25, 0.3) is 0 Å². The largest absolute Gasteiger partial charge is 0.477 e. The Labute approximate surface area is 58.0 Å². The molecule has 0 amide bonds. The van der Waals surface area contributed by atoms with Crippen LogP contribution in [0.4, 0.5) is 0 Å². The molecule has 1 aliphatic rings. The number of nitriles is 1. The van der Waals surface area contributed by atoms with E-state index in [2.05, 4.69) is 0 Å². The highest BCUT2D eigenvalue weighted by molar-refractivity contribution is 6.30. The van der Waals surface area contributed by atoms with E-state index in [0.717, 1.165) is 0 Å². The molecule has 0 N–H and O–H groups in total. The maximum Gasteiger partial charge on any atom is 0.218 e. The lowest BCUT2D eigenvalue weighted by Gasteiger charge is -2.09. The highest BCUT2D eigenvalue weighted by atomic mass is 35.5. The van der Waals surface area contributed by atoms with E-state index in [1.807, 2.05) is 6.07 Å². The molecule has 3 heteroatoms. The third-order valence-corrected chi connectivity index (χ3v) is 1.24.